The molecular weight excluding hydrogens is 476 g/mol. The molecule has 3 rings (SSSR count). The predicted octanol–water partition coefficient (Wildman–Crippen LogP) is 7.51. The summed E-state index contributed by atoms with van der Waals surface area (Å²) in [5.74, 6) is 1.92. The molecule has 202 valence electrons. The van der Waals surface area contributed by atoms with Crippen molar-refractivity contribution in [2.24, 2.45) is 0 Å². The molecule has 38 heavy (non-hydrogen) atoms. The number of benzene rings is 3. The summed E-state index contributed by atoms with van der Waals surface area (Å²) in [7, 11) is 0. The quantitative estimate of drug-likeness (QED) is 0.164. The van der Waals surface area contributed by atoms with Crippen LogP contribution in [0.5, 0.6) is 11.5 Å². The van der Waals surface area contributed by atoms with E-state index in [-0.39, 0.29) is 30.2 Å². The van der Waals surface area contributed by atoms with Gasteiger partial charge in [0.2, 0.25) is 0 Å². The fraction of sp³-hybridized carbons (Fsp3) is 0.394. The molecule has 5 heteroatoms. The lowest BCUT2D eigenvalue weighted by atomic mass is 9.93. The third-order valence-electron chi connectivity index (χ3n) is 6.35. The van der Waals surface area contributed by atoms with Crippen molar-refractivity contribution in [1.29, 1.82) is 0 Å². The number of Topliss-reactive ketones (excluding diaryl/α,β-unsaturated/α-hetero) is 1. The summed E-state index contributed by atoms with van der Waals surface area (Å²) in [5, 5.41) is 0. The van der Waals surface area contributed by atoms with Gasteiger partial charge in [-0.1, -0.05) is 70.2 Å². The van der Waals surface area contributed by atoms with Crippen molar-refractivity contribution in [3.63, 3.8) is 0 Å². The number of carbonyl (C=O) groups is 2. The molecule has 0 N–H and O–H groups in total. The predicted molar refractivity (Wildman–Crippen MR) is 152 cm³/mol. The summed E-state index contributed by atoms with van der Waals surface area (Å²) < 4.78 is 16.9. The topological polar surface area (TPSA) is 61.8 Å². The van der Waals surface area contributed by atoms with Crippen molar-refractivity contribution >= 4 is 11.8 Å². The van der Waals surface area contributed by atoms with Crippen molar-refractivity contribution < 1.29 is 23.8 Å². The fourth-order valence-corrected chi connectivity index (χ4v) is 4.32. The summed E-state index contributed by atoms with van der Waals surface area (Å²) in [6, 6.07) is 22.2. The highest BCUT2D eigenvalue weighted by atomic mass is 16.6. The third-order valence-corrected chi connectivity index (χ3v) is 6.35. The standard InChI is InChI=1S/C33H40O5/c1-6-36-33(35)22-38-32-17-15-27(21-30(32)24(4)5)26-14-16-31(29(20-26)23(2)3)37-18-10-13-28(34)19-25-11-8-7-9-12-25/h7-9,11-12,14-17,20-21,23-24H,6,10,13,18-19,22H2,1-5H3. The molecule has 0 aliphatic carbocycles. The minimum Gasteiger partial charge on any atom is -0.493 e. The molecule has 5 nitrogen and oxygen atoms in total. The van der Waals surface area contributed by atoms with Gasteiger partial charge in [-0.3, -0.25) is 4.79 Å². The van der Waals surface area contributed by atoms with Gasteiger partial charge in [-0.2, -0.15) is 0 Å². The highest BCUT2D eigenvalue weighted by Gasteiger charge is 2.15. The lowest BCUT2D eigenvalue weighted by molar-refractivity contribution is -0.145. The normalized spacial score (nSPS) is 11.0. The second-order valence-electron chi connectivity index (χ2n) is 10.1. The van der Waals surface area contributed by atoms with Gasteiger partial charge in [-0.25, -0.2) is 4.79 Å². The van der Waals surface area contributed by atoms with Crippen molar-refractivity contribution in [3.8, 4) is 22.6 Å². The molecule has 0 heterocycles. The van der Waals surface area contributed by atoms with Gasteiger partial charge >= 0.3 is 5.97 Å². The van der Waals surface area contributed by atoms with Crippen LogP contribution in [0.3, 0.4) is 0 Å². The van der Waals surface area contributed by atoms with Crippen LogP contribution in [0.4, 0.5) is 0 Å². The number of esters is 1. The Balaban J connectivity index is 1.66. The zero-order valence-electron chi connectivity index (χ0n) is 23.3. The van der Waals surface area contributed by atoms with Crippen molar-refractivity contribution in [2.75, 3.05) is 19.8 Å². The first-order valence-corrected chi connectivity index (χ1v) is 13.5. The highest BCUT2D eigenvalue weighted by molar-refractivity contribution is 5.80. The minimum atomic E-state index is -0.371. The van der Waals surface area contributed by atoms with E-state index in [1.165, 1.54) is 0 Å². The van der Waals surface area contributed by atoms with Crippen LogP contribution in [0.25, 0.3) is 11.1 Å². The maximum absolute atomic E-state index is 12.3. The SMILES string of the molecule is CCOC(=O)COc1ccc(-c2ccc(OCCCC(=O)Cc3ccccc3)c(C(C)C)c2)cc1C(C)C. The largest absolute Gasteiger partial charge is 0.493 e. The number of rotatable bonds is 14. The monoisotopic (exact) mass is 516 g/mol. The molecule has 0 aliphatic heterocycles. The van der Waals surface area contributed by atoms with E-state index in [0.717, 1.165) is 33.6 Å². The van der Waals surface area contributed by atoms with Gasteiger partial charge in [0.05, 0.1) is 13.2 Å². The molecule has 0 saturated heterocycles. The fourth-order valence-electron chi connectivity index (χ4n) is 4.32. The average Bonchev–Trinajstić information content (AvgIpc) is 2.90. The minimum absolute atomic E-state index is 0.103. The molecule has 0 saturated carbocycles. The lowest BCUT2D eigenvalue weighted by Crippen LogP contribution is -2.15. The van der Waals surface area contributed by atoms with E-state index >= 15 is 0 Å². The number of hydrogen-bond donors (Lipinski definition) is 0. The maximum atomic E-state index is 12.3. The number of carbonyl (C=O) groups excluding carboxylic acids is 2. The highest BCUT2D eigenvalue weighted by Crippen LogP contribution is 2.35. The van der Waals surface area contributed by atoms with Crippen LogP contribution in [0.15, 0.2) is 66.7 Å². The Morgan fingerprint density at radius 1 is 0.763 bits per heavy atom. The van der Waals surface area contributed by atoms with E-state index in [9.17, 15) is 9.59 Å². The Kier molecular flexibility index (Phi) is 11.0. The van der Waals surface area contributed by atoms with E-state index in [1.807, 2.05) is 48.5 Å². The van der Waals surface area contributed by atoms with Crippen LogP contribution >= 0.6 is 0 Å². The number of ketones is 1. The zero-order valence-corrected chi connectivity index (χ0v) is 23.3. The molecule has 0 aromatic heterocycles. The third kappa shape index (κ3) is 8.47. The molecule has 0 spiro atoms. The van der Waals surface area contributed by atoms with Gasteiger partial charge in [0.1, 0.15) is 17.3 Å². The molecule has 0 aliphatic rings. The first-order valence-electron chi connectivity index (χ1n) is 13.5. The molecule has 0 unspecified atom stereocenters. The van der Waals surface area contributed by atoms with E-state index in [0.29, 0.717) is 38.2 Å². The van der Waals surface area contributed by atoms with E-state index in [2.05, 4.69) is 45.9 Å². The van der Waals surface area contributed by atoms with Crippen LogP contribution in [-0.4, -0.2) is 31.6 Å². The Bertz CT molecular complexity index is 1200. The second-order valence-corrected chi connectivity index (χ2v) is 10.1. The van der Waals surface area contributed by atoms with Crippen LogP contribution in [0, 0.1) is 0 Å². The van der Waals surface area contributed by atoms with Gasteiger partial charge in [0, 0.05) is 12.8 Å². The molecule has 0 amide bonds. The first-order chi connectivity index (χ1) is 18.3. The van der Waals surface area contributed by atoms with Gasteiger partial charge in [-0.05, 0) is 77.3 Å². The van der Waals surface area contributed by atoms with Crippen LogP contribution in [0.2, 0.25) is 0 Å². The van der Waals surface area contributed by atoms with E-state index in [4.69, 9.17) is 14.2 Å². The molecular formula is C33H40O5. The molecule has 3 aromatic rings. The average molecular weight is 517 g/mol. The second kappa shape index (κ2) is 14.4. The summed E-state index contributed by atoms with van der Waals surface area (Å²) in [5.41, 5.74) is 5.40. The lowest BCUT2D eigenvalue weighted by Gasteiger charge is -2.18. The molecule has 0 bridgehead atoms. The summed E-state index contributed by atoms with van der Waals surface area (Å²) in [6.07, 6.45) is 1.67. The number of ether oxygens (including phenoxy) is 3. The number of hydrogen-bond acceptors (Lipinski definition) is 5. The van der Waals surface area contributed by atoms with Crippen molar-refractivity contribution in [2.45, 2.75) is 65.7 Å². The van der Waals surface area contributed by atoms with Gasteiger partial charge < -0.3 is 14.2 Å². The van der Waals surface area contributed by atoms with E-state index < -0.39 is 0 Å². The van der Waals surface area contributed by atoms with Crippen molar-refractivity contribution in [3.05, 3.63) is 83.4 Å². The Labute approximate surface area is 227 Å². The smallest absolute Gasteiger partial charge is 0.344 e. The summed E-state index contributed by atoms with van der Waals surface area (Å²) in [4.78, 5) is 24.1. The van der Waals surface area contributed by atoms with Gasteiger partial charge in [0.15, 0.2) is 6.61 Å². The Hall–Kier alpha value is -3.60. The molecule has 3 aromatic carbocycles. The van der Waals surface area contributed by atoms with Crippen molar-refractivity contribution in [1.82, 2.24) is 0 Å². The van der Waals surface area contributed by atoms with E-state index in [1.54, 1.807) is 6.92 Å². The zero-order chi connectivity index (χ0) is 27.5. The Morgan fingerprint density at radius 2 is 1.34 bits per heavy atom. The van der Waals surface area contributed by atoms with Crippen LogP contribution in [-0.2, 0) is 20.7 Å². The van der Waals surface area contributed by atoms with Crippen LogP contribution < -0.4 is 9.47 Å². The maximum Gasteiger partial charge on any atom is 0.344 e. The summed E-state index contributed by atoms with van der Waals surface area (Å²) in [6.45, 7) is 11.0. The summed E-state index contributed by atoms with van der Waals surface area (Å²) >= 11 is 0. The molecule has 0 atom stereocenters. The van der Waals surface area contributed by atoms with Crippen LogP contribution in [0.1, 0.15) is 76.0 Å². The molecule has 0 fully saturated rings. The first kappa shape index (κ1) is 29.0. The van der Waals surface area contributed by atoms with Gasteiger partial charge in [-0.15, -0.1) is 0 Å². The molecule has 0 radical (unpaired) electrons. The van der Waals surface area contributed by atoms with Gasteiger partial charge in [0.25, 0.3) is 0 Å². The Morgan fingerprint density at radius 3 is 1.89 bits per heavy atom.